The first kappa shape index (κ1) is 54.6. The number of nitrogens with one attached hydrogen (secondary N) is 4. The summed E-state index contributed by atoms with van der Waals surface area (Å²) in [5, 5.41) is 14.9. The Labute approximate surface area is 394 Å². The molecule has 3 aliphatic rings. The third-order valence-corrected chi connectivity index (χ3v) is 10.6. The maximum absolute atomic E-state index is 13.5. The van der Waals surface area contributed by atoms with Gasteiger partial charge in [-0.25, -0.2) is 0 Å². The molecule has 3 amide bonds. The molecule has 26 heteroatoms. The largest absolute Gasteiger partial charge is 0.416 e. The number of hydrogen-bond donors (Lipinski definition) is 5. The molecule has 3 fully saturated rings. The summed E-state index contributed by atoms with van der Waals surface area (Å²) in [5.74, 6) is -0.217. The number of nitrogens with zero attached hydrogens (tertiary/aromatic N) is 8. The summed E-state index contributed by atoms with van der Waals surface area (Å²) in [6.45, 7) is 9.09. The van der Waals surface area contributed by atoms with Crippen molar-refractivity contribution in [3.8, 4) is 0 Å². The standard InChI is InChI=1S/C23H33F3N8O2S2.C9H3F3N2S2.C7H15N3O/c1-31-3-7-33(8-4-31)19(35)14-27-21(37)29-17-11-16(23(24,25)26)12-18(13-17)30-22(38)28-15-20(36)34-9-5-32(2)6-10-34;10-9(11,12)6-1-7(13-4-15)3-8(2-6)14-5-16;1-9-2-4-10(5-3-9)7(11)6-8/h11-13H,3-10,14-15H2,1-2H3,(H2,27,29,37)(H2,28,30,38);1-3H;2-6,8H2,1H3. The molecule has 2 aromatic carbocycles. The predicted molar refractivity (Wildman–Crippen MR) is 252 cm³/mol. The molecule has 0 atom stereocenters. The van der Waals surface area contributed by atoms with E-state index in [0.29, 0.717) is 26.2 Å². The van der Waals surface area contributed by atoms with Crippen LogP contribution in [0, 0.1) is 0 Å². The molecule has 5 rings (SSSR count). The number of thiocarbonyl (C=S) groups is 4. The Kier molecular flexibility index (Phi) is 22.2. The highest BCUT2D eigenvalue weighted by atomic mass is 32.1. The van der Waals surface area contributed by atoms with Gasteiger partial charge in [-0.2, -0.15) is 36.3 Å². The van der Waals surface area contributed by atoms with Crippen LogP contribution in [-0.4, -0.2) is 187 Å². The van der Waals surface area contributed by atoms with Gasteiger partial charge < -0.3 is 56.4 Å². The van der Waals surface area contributed by atoms with Crippen molar-refractivity contribution in [2.75, 3.05) is 130 Å². The van der Waals surface area contributed by atoms with Gasteiger partial charge in [0.2, 0.25) is 17.7 Å². The van der Waals surface area contributed by atoms with Crippen LogP contribution in [0.1, 0.15) is 11.1 Å². The Hall–Kier alpha value is -4.75. The summed E-state index contributed by atoms with van der Waals surface area (Å²) >= 11 is 19.0. The van der Waals surface area contributed by atoms with Crippen molar-refractivity contribution in [3.05, 3.63) is 47.5 Å². The number of anilines is 2. The lowest BCUT2D eigenvalue weighted by Gasteiger charge is -2.32. The molecule has 0 aromatic heterocycles. The smallest absolute Gasteiger partial charge is 0.353 e. The normalized spacial score (nSPS) is 15.9. The van der Waals surface area contributed by atoms with Crippen LogP contribution in [0.5, 0.6) is 0 Å². The van der Waals surface area contributed by atoms with Crippen LogP contribution in [0.2, 0.25) is 0 Å². The van der Waals surface area contributed by atoms with Crippen LogP contribution in [-0.2, 0) is 26.7 Å². The molecule has 356 valence electrons. The number of isothiocyanates is 2. The van der Waals surface area contributed by atoms with Crippen LogP contribution in [0.15, 0.2) is 46.4 Å². The fourth-order valence-electron chi connectivity index (χ4n) is 6.11. The van der Waals surface area contributed by atoms with Gasteiger partial charge >= 0.3 is 12.4 Å². The Balaban J connectivity index is 0.000000337. The summed E-state index contributed by atoms with van der Waals surface area (Å²) in [6.07, 6.45) is -9.09. The number of benzene rings is 2. The van der Waals surface area contributed by atoms with Gasteiger partial charge in [-0.05, 0) is 106 Å². The van der Waals surface area contributed by atoms with Crippen LogP contribution < -0.4 is 27.0 Å². The Morgan fingerprint density at radius 3 is 1.20 bits per heavy atom. The van der Waals surface area contributed by atoms with Crippen molar-refractivity contribution in [2.24, 2.45) is 15.7 Å². The molecular formula is C39H51F6N13O3S4. The van der Waals surface area contributed by atoms with Gasteiger partial charge in [0.25, 0.3) is 0 Å². The molecule has 3 aliphatic heterocycles. The SMILES string of the molecule is CN1CCN(C(=O)CN)CC1.CN1CCN(C(=O)CNC(=S)Nc2cc(NC(=S)NCC(=O)N3CCN(C)CC3)cc(C(F)(F)F)c2)CC1.FC(F)(F)c1cc(N=C=S)cc(N=C=S)c1. The number of aliphatic imine (C=N–C) groups is 2. The molecule has 3 heterocycles. The van der Waals surface area contributed by atoms with Crippen molar-refractivity contribution in [1.82, 2.24) is 40.0 Å². The summed E-state index contributed by atoms with van der Waals surface area (Å²) in [4.78, 5) is 54.5. The summed E-state index contributed by atoms with van der Waals surface area (Å²) in [5.41, 5.74) is 3.60. The number of hydrogen-bond acceptors (Lipinski definition) is 13. The quantitative estimate of drug-likeness (QED) is 0.140. The van der Waals surface area contributed by atoms with E-state index in [0.717, 1.165) is 76.6 Å². The third kappa shape index (κ3) is 19.7. The van der Waals surface area contributed by atoms with E-state index in [1.165, 1.54) is 12.1 Å². The topological polar surface area (TPSA) is 170 Å². The lowest BCUT2D eigenvalue weighted by atomic mass is 10.1. The summed E-state index contributed by atoms with van der Waals surface area (Å²) in [6, 6.07) is 6.22. The Morgan fingerprint density at radius 2 is 0.892 bits per heavy atom. The molecule has 0 spiro atoms. The van der Waals surface area contributed by atoms with Gasteiger partial charge in [0, 0.05) is 89.9 Å². The molecule has 0 unspecified atom stereocenters. The Bertz CT molecular complexity index is 1960. The van der Waals surface area contributed by atoms with Crippen LogP contribution >= 0.6 is 48.9 Å². The van der Waals surface area contributed by atoms with E-state index in [-0.39, 0.29) is 70.3 Å². The minimum Gasteiger partial charge on any atom is -0.353 e. The van der Waals surface area contributed by atoms with E-state index in [4.69, 9.17) is 30.2 Å². The molecule has 6 N–H and O–H groups in total. The number of carbonyl (C=O) groups excluding carboxylic acids is 3. The summed E-state index contributed by atoms with van der Waals surface area (Å²) < 4.78 is 78.0. The molecular weight excluding hydrogens is 941 g/mol. The van der Waals surface area contributed by atoms with Crippen molar-refractivity contribution in [1.29, 1.82) is 0 Å². The first-order chi connectivity index (χ1) is 30.6. The number of rotatable bonds is 9. The highest BCUT2D eigenvalue weighted by molar-refractivity contribution is 7.80. The maximum atomic E-state index is 13.5. The second kappa shape index (κ2) is 26.4. The van der Waals surface area contributed by atoms with Gasteiger partial charge in [-0.3, -0.25) is 14.4 Å². The number of halogens is 6. The molecule has 3 saturated heterocycles. The third-order valence-electron chi connectivity index (χ3n) is 9.90. The second-order valence-electron chi connectivity index (χ2n) is 14.8. The number of nitrogens with two attached hydrogens (primary N) is 1. The first-order valence-electron chi connectivity index (χ1n) is 19.9. The van der Waals surface area contributed by atoms with Crippen LogP contribution in [0.25, 0.3) is 0 Å². The number of carbonyl (C=O) groups is 3. The van der Waals surface area contributed by atoms with Gasteiger partial charge in [-0.15, -0.1) is 0 Å². The van der Waals surface area contributed by atoms with E-state index in [2.05, 4.69) is 77.4 Å². The number of likely N-dealkylation sites (N-methyl/N-ethyl adjacent to an activating group) is 3. The monoisotopic (exact) mass is 991 g/mol. The van der Waals surface area contributed by atoms with Crippen molar-refractivity contribution >= 4 is 110 Å². The van der Waals surface area contributed by atoms with Crippen LogP contribution in [0.3, 0.4) is 0 Å². The molecule has 16 nitrogen and oxygen atoms in total. The predicted octanol–water partition coefficient (Wildman–Crippen LogP) is 3.72. The average Bonchev–Trinajstić information content (AvgIpc) is 3.25. The molecule has 0 saturated carbocycles. The average molecular weight is 992 g/mol. The molecule has 0 bridgehead atoms. The second-order valence-corrected chi connectivity index (χ2v) is 16.0. The zero-order chi connectivity index (χ0) is 48.3. The molecule has 2 aromatic rings. The van der Waals surface area contributed by atoms with Crippen molar-refractivity contribution in [3.63, 3.8) is 0 Å². The van der Waals surface area contributed by atoms with Crippen molar-refractivity contribution < 1.29 is 40.7 Å². The van der Waals surface area contributed by atoms with Gasteiger partial charge in [-0.1, -0.05) is 0 Å². The number of piperazine rings is 3. The van der Waals surface area contributed by atoms with E-state index < -0.39 is 23.5 Å². The van der Waals surface area contributed by atoms with E-state index in [1.807, 2.05) is 29.3 Å². The highest BCUT2D eigenvalue weighted by Gasteiger charge is 2.32. The van der Waals surface area contributed by atoms with Crippen molar-refractivity contribution in [2.45, 2.75) is 12.4 Å². The Morgan fingerprint density at radius 1 is 0.569 bits per heavy atom. The number of amides is 3. The minimum atomic E-state index is -4.62. The molecule has 0 radical (unpaired) electrons. The first-order valence-corrected chi connectivity index (χ1v) is 21.5. The van der Waals surface area contributed by atoms with Gasteiger partial charge in [0.1, 0.15) is 0 Å². The van der Waals surface area contributed by atoms with E-state index >= 15 is 0 Å². The number of alkyl halides is 6. The maximum Gasteiger partial charge on any atom is 0.416 e. The lowest BCUT2D eigenvalue weighted by Crippen LogP contribution is -2.50. The fraction of sp³-hybridized carbons (Fsp3) is 0.513. The highest BCUT2D eigenvalue weighted by Crippen LogP contribution is 2.35. The summed E-state index contributed by atoms with van der Waals surface area (Å²) in [7, 11) is 6.02. The fourth-order valence-corrected chi connectivity index (χ4v) is 6.70. The van der Waals surface area contributed by atoms with E-state index in [1.54, 1.807) is 9.80 Å². The van der Waals surface area contributed by atoms with Gasteiger partial charge in [0.15, 0.2) is 10.2 Å². The molecule has 65 heavy (non-hydrogen) atoms. The van der Waals surface area contributed by atoms with Gasteiger partial charge in [0.05, 0.1) is 52.5 Å². The molecule has 0 aliphatic carbocycles. The van der Waals surface area contributed by atoms with Crippen LogP contribution in [0.4, 0.5) is 49.1 Å². The van der Waals surface area contributed by atoms with E-state index in [9.17, 15) is 40.7 Å². The lowest BCUT2D eigenvalue weighted by molar-refractivity contribution is -0.138. The minimum absolute atomic E-state index is 0.0104. The zero-order valence-electron chi connectivity index (χ0n) is 35.9. The zero-order valence-corrected chi connectivity index (χ0v) is 39.1.